The molecule has 3 rings (SSSR count). The minimum atomic E-state index is -0.442. The SMILES string of the molecule is O=C(NCc1cccs1)NC[C@H]1CN(c2cccc(Cl)c2)C(=O)O1. The molecule has 2 heterocycles. The van der Waals surface area contributed by atoms with Crippen LogP contribution in [0.1, 0.15) is 4.88 Å². The van der Waals surface area contributed by atoms with Gasteiger partial charge in [0, 0.05) is 15.6 Å². The fourth-order valence-corrected chi connectivity index (χ4v) is 3.16. The van der Waals surface area contributed by atoms with Crippen molar-refractivity contribution in [2.75, 3.05) is 18.0 Å². The first-order chi connectivity index (χ1) is 11.6. The van der Waals surface area contributed by atoms with Gasteiger partial charge in [-0.3, -0.25) is 4.90 Å². The van der Waals surface area contributed by atoms with Crippen LogP contribution in [-0.4, -0.2) is 31.3 Å². The van der Waals surface area contributed by atoms with Gasteiger partial charge >= 0.3 is 12.1 Å². The molecule has 8 heteroatoms. The molecule has 0 spiro atoms. The number of thiophene rings is 1. The predicted octanol–water partition coefficient (Wildman–Crippen LogP) is 3.23. The van der Waals surface area contributed by atoms with Crippen LogP contribution in [0.5, 0.6) is 0 Å². The van der Waals surface area contributed by atoms with Crippen molar-refractivity contribution in [3.05, 3.63) is 51.7 Å². The number of hydrogen-bond acceptors (Lipinski definition) is 4. The molecule has 2 aromatic rings. The molecule has 0 unspecified atom stereocenters. The van der Waals surface area contributed by atoms with E-state index < -0.39 is 12.2 Å². The van der Waals surface area contributed by atoms with Crippen LogP contribution in [-0.2, 0) is 11.3 Å². The molecule has 126 valence electrons. The molecule has 1 saturated heterocycles. The number of rotatable bonds is 5. The summed E-state index contributed by atoms with van der Waals surface area (Å²) in [5, 5.41) is 7.98. The van der Waals surface area contributed by atoms with Gasteiger partial charge in [-0.15, -0.1) is 11.3 Å². The first-order valence-corrected chi connectivity index (χ1v) is 8.65. The second-order valence-electron chi connectivity index (χ2n) is 5.24. The Hall–Kier alpha value is -2.25. The smallest absolute Gasteiger partial charge is 0.414 e. The number of carbonyl (C=O) groups excluding carboxylic acids is 2. The van der Waals surface area contributed by atoms with Crippen molar-refractivity contribution < 1.29 is 14.3 Å². The Labute approximate surface area is 148 Å². The highest BCUT2D eigenvalue weighted by Crippen LogP contribution is 2.24. The van der Waals surface area contributed by atoms with Gasteiger partial charge < -0.3 is 15.4 Å². The highest BCUT2D eigenvalue weighted by Gasteiger charge is 2.32. The van der Waals surface area contributed by atoms with Gasteiger partial charge in [0.15, 0.2) is 0 Å². The largest absolute Gasteiger partial charge is 0.442 e. The van der Waals surface area contributed by atoms with E-state index in [1.807, 2.05) is 17.5 Å². The second-order valence-corrected chi connectivity index (χ2v) is 6.71. The number of halogens is 1. The Morgan fingerprint density at radius 2 is 2.21 bits per heavy atom. The Bertz CT molecular complexity index is 723. The molecular weight excluding hydrogens is 350 g/mol. The topological polar surface area (TPSA) is 70.7 Å². The monoisotopic (exact) mass is 365 g/mol. The average Bonchev–Trinajstić information content (AvgIpc) is 3.20. The molecule has 6 nitrogen and oxygen atoms in total. The summed E-state index contributed by atoms with van der Waals surface area (Å²) in [6.45, 7) is 1.09. The standard InChI is InChI=1S/C16H16ClN3O3S/c17-11-3-1-4-12(7-11)20-10-13(23-16(20)22)8-18-15(21)19-9-14-5-2-6-24-14/h1-7,13H,8-10H2,(H2,18,19,21)/t13-/m0/s1. The Morgan fingerprint density at radius 1 is 1.33 bits per heavy atom. The number of benzene rings is 1. The fraction of sp³-hybridized carbons (Fsp3) is 0.250. The van der Waals surface area contributed by atoms with Gasteiger partial charge in [-0.1, -0.05) is 23.7 Å². The van der Waals surface area contributed by atoms with Crippen molar-refractivity contribution >= 4 is 40.7 Å². The molecule has 0 radical (unpaired) electrons. The number of nitrogens with zero attached hydrogens (tertiary/aromatic N) is 1. The van der Waals surface area contributed by atoms with E-state index in [0.29, 0.717) is 23.8 Å². The summed E-state index contributed by atoms with van der Waals surface area (Å²) < 4.78 is 5.27. The summed E-state index contributed by atoms with van der Waals surface area (Å²) in [5.74, 6) is 0. The normalized spacial score (nSPS) is 16.8. The fourth-order valence-electron chi connectivity index (χ4n) is 2.33. The third kappa shape index (κ3) is 4.18. The highest BCUT2D eigenvalue weighted by atomic mass is 35.5. The second kappa shape index (κ2) is 7.55. The van der Waals surface area contributed by atoms with Crippen LogP contribution in [0.4, 0.5) is 15.3 Å². The van der Waals surface area contributed by atoms with Gasteiger partial charge in [-0.05, 0) is 29.6 Å². The maximum absolute atomic E-state index is 12.0. The van der Waals surface area contributed by atoms with E-state index >= 15 is 0 Å². The number of anilines is 1. The number of cyclic esters (lactones) is 1. The molecule has 0 aliphatic carbocycles. The highest BCUT2D eigenvalue weighted by molar-refractivity contribution is 7.09. The summed E-state index contributed by atoms with van der Waals surface area (Å²) in [5.41, 5.74) is 0.678. The first-order valence-electron chi connectivity index (χ1n) is 7.39. The lowest BCUT2D eigenvalue weighted by atomic mass is 10.2. The molecule has 2 N–H and O–H groups in total. The van der Waals surface area contributed by atoms with Gasteiger partial charge in [0.05, 0.1) is 19.6 Å². The molecule has 1 atom stereocenters. The van der Waals surface area contributed by atoms with Crippen LogP contribution in [0, 0.1) is 0 Å². The van der Waals surface area contributed by atoms with Gasteiger partial charge in [-0.2, -0.15) is 0 Å². The third-order valence-corrected chi connectivity index (χ3v) is 4.60. The van der Waals surface area contributed by atoms with Crippen LogP contribution in [0.3, 0.4) is 0 Å². The van der Waals surface area contributed by atoms with Crippen LogP contribution in [0.2, 0.25) is 5.02 Å². The van der Waals surface area contributed by atoms with Crippen LogP contribution >= 0.6 is 22.9 Å². The molecule has 1 aliphatic heterocycles. The number of amides is 3. The van der Waals surface area contributed by atoms with E-state index in [9.17, 15) is 9.59 Å². The van der Waals surface area contributed by atoms with Gasteiger partial charge in [0.25, 0.3) is 0 Å². The molecule has 1 aliphatic rings. The zero-order valence-electron chi connectivity index (χ0n) is 12.7. The van der Waals surface area contributed by atoms with Crippen LogP contribution in [0.15, 0.2) is 41.8 Å². The zero-order valence-corrected chi connectivity index (χ0v) is 14.3. The summed E-state index contributed by atoms with van der Waals surface area (Å²) in [6.07, 6.45) is -0.841. The maximum atomic E-state index is 12.0. The van der Waals surface area contributed by atoms with E-state index in [2.05, 4.69) is 10.6 Å². The minimum absolute atomic E-state index is 0.249. The molecule has 0 saturated carbocycles. The zero-order chi connectivity index (χ0) is 16.9. The molecular formula is C16H16ClN3O3S. The van der Waals surface area contributed by atoms with Crippen molar-refractivity contribution in [3.63, 3.8) is 0 Å². The van der Waals surface area contributed by atoms with E-state index in [-0.39, 0.29) is 12.6 Å². The minimum Gasteiger partial charge on any atom is -0.442 e. The number of urea groups is 1. The quantitative estimate of drug-likeness (QED) is 0.854. The van der Waals surface area contributed by atoms with Crippen molar-refractivity contribution in [1.82, 2.24) is 10.6 Å². The molecule has 24 heavy (non-hydrogen) atoms. The van der Waals surface area contributed by atoms with Crippen molar-refractivity contribution in [1.29, 1.82) is 0 Å². The summed E-state index contributed by atoms with van der Waals surface area (Å²) in [7, 11) is 0. The lowest BCUT2D eigenvalue weighted by molar-refractivity contribution is 0.140. The van der Waals surface area contributed by atoms with Gasteiger partial charge in [-0.25, -0.2) is 9.59 Å². The van der Waals surface area contributed by atoms with Gasteiger partial charge in [0.2, 0.25) is 0 Å². The van der Waals surface area contributed by atoms with Crippen molar-refractivity contribution in [3.8, 4) is 0 Å². The summed E-state index contributed by atoms with van der Waals surface area (Å²) in [4.78, 5) is 26.3. The first kappa shape index (κ1) is 16.6. The average molecular weight is 366 g/mol. The summed E-state index contributed by atoms with van der Waals surface area (Å²) in [6, 6.07) is 10.6. The van der Waals surface area contributed by atoms with Crippen LogP contribution in [0.25, 0.3) is 0 Å². The van der Waals surface area contributed by atoms with E-state index in [0.717, 1.165) is 4.88 Å². The molecule has 1 aromatic carbocycles. The molecule has 1 aromatic heterocycles. The van der Waals surface area contributed by atoms with E-state index in [4.69, 9.17) is 16.3 Å². The van der Waals surface area contributed by atoms with E-state index in [1.54, 1.807) is 35.6 Å². The lowest BCUT2D eigenvalue weighted by Crippen LogP contribution is -2.40. The van der Waals surface area contributed by atoms with Crippen molar-refractivity contribution in [2.24, 2.45) is 0 Å². The molecule has 1 fully saturated rings. The van der Waals surface area contributed by atoms with Crippen LogP contribution < -0.4 is 15.5 Å². The number of carbonyl (C=O) groups is 2. The number of ether oxygens (including phenoxy) is 1. The number of hydrogen-bond donors (Lipinski definition) is 2. The lowest BCUT2D eigenvalue weighted by Gasteiger charge is -2.13. The predicted molar refractivity (Wildman–Crippen MR) is 93.6 cm³/mol. The molecule has 3 amide bonds. The third-order valence-electron chi connectivity index (χ3n) is 3.49. The Morgan fingerprint density at radius 3 is 2.96 bits per heavy atom. The molecule has 0 bridgehead atoms. The maximum Gasteiger partial charge on any atom is 0.414 e. The van der Waals surface area contributed by atoms with Gasteiger partial charge in [0.1, 0.15) is 6.10 Å². The Kier molecular flexibility index (Phi) is 5.22. The van der Waals surface area contributed by atoms with E-state index in [1.165, 1.54) is 4.90 Å². The summed E-state index contributed by atoms with van der Waals surface area (Å²) >= 11 is 7.52. The Balaban J connectivity index is 1.47. The number of nitrogens with one attached hydrogen (secondary N) is 2. The van der Waals surface area contributed by atoms with Crippen molar-refractivity contribution in [2.45, 2.75) is 12.6 Å².